The molecular weight excluding hydrogens is 372 g/mol. The summed E-state index contributed by atoms with van der Waals surface area (Å²) in [5, 5.41) is 7.74. The number of anilines is 1. The van der Waals surface area contributed by atoms with E-state index < -0.39 is 0 Å². The third kappa shape index (κ3) is 2.39. The lowest BCUT2D eigenvalue weighted by Crippen LogP contribution is -2.09. The standard InChI is InChI=1S/C17H17BrN4O2/c1-23-14-6-4-10-11(16(14)24-2)3-5-13(10)20-15-7-8-22-17(21-15)12(18)9-19-22/h4,6-9,13H,3,5H2,1-2H3,(H,20,21). The molecule has 1 atom stereocenters. The van der Waals surface area contributed by atoms with Crippen molar-refractivity contribution in [2.75, 3.05) is 19.5 Å². The highest BCUT2D eigenvalue weighted by Crippen LogP contribution is 2.43. The lowest BCUT2D eigenvalue weighted by atomic mass is 10.1. The molecular formula is C17H17BrN4O2. The summed E-state index contributed by atoms with van der Waals surface area (Å²) in [4.78, 5) is 4.63. The summed E-state index contributed by atoms with van der Waals surface area (Å²) >= 11 is 3.47. The Kier molecular flexibility index (Phi) is 3.80. The van der Waals surface area contributed by atoms with Gasteiger partial charge in [0.15, 0.2) is 17.1 Å². The van der Waals surface area contributed by atoms with Crippen molar-refractivity contribution in [3.63, 3.8) is 0 Å². The first-order chi connectivity index (χ1) is 11.7. The summed E-state index contributed by atoms with van der Waals surface area (Å²) < 4.78 is 13.6. The second-order valence-corrected chi connectivity index (χ2v) is 6.53. The van der Waals surface area contributed by atoms with Crippen LogP contribution in [0, 0.1) is 0 Å². The molecule has 0 saturated carbocycles. The van der Waals surface area contributed by atoms with E-state index >= 15 is 0 Å². The molecule has 6 nitrogen and oxygen atoms in total. The van der Waals surface area contributed by atoms with Gasteiger partial charge in [-0.3, -0.25) is 0 Å². The quantitative estimate of drug-likeness (QED) is 0.739. The number of fused-ring (bicyclic) bond motifs is 2. The van der Waals surface area contributed by atoms with Crippen LogP contribution in [0.3, 0.4) is 0 Å². The summed E-state index contributed by atoms with van der Waals surface area (Å²) in [7, 11) is 3.35. The molecule has 1 unspecified atom stereocenters. The summed E-state index contributed by atoms with van der Waals surface area (Å²) in [5.74, 6) is 2.44. The van der Waals surface area contributed by atoms with Crippen molar-refractivity contribution in [1.29, 1.82) is 0 Å². The maximum Gasteiger partial charge on any atom is 0.171 e. The average Bonchev–Trinajstić information content (AvgIpc) is 3.18. The fourth-order valence-electron chi connectivity index (χ4n) is 3.28. The van der Waals surface area contributed by atoms with Crippen LogP contribution in [0.5, 0.6) is 11.5 Å². The predicted octanol–water partition coefficient (Wildman–Crippen LogP) is 3.61. The third-order valence-corrected chi connectivity index (χ3v) is 4.95. The number of nitrogens with zero attached hydrogens (tertiary/aromatic N) is 3. The van der Waals surface area contributed by atoms with E-state index in [0.717, 1.165) is 40.3 Å². The normalized spacial score (nSPS) is 16.2. The van der Waals surface area contributed by atoms with Gasteiger partial charge in [0.25, 0.3) is 0 Å². The molecule has 4 rings (SSSR count). The molecule has 7 heteroatoms. The average molecular weight is 389 g/mol. The van der Waals surface area contributed by atoms with E-state index in [2.05, 4.69) is 37.4 Å². The molecule has 0 aliphatic heterocycles. The van der Waals surface area contributed by atoms with Crippen molar-refractivity contribution in [1.82, 2.24) is 14.6 Å². The number of halogens is 1. The van der Waals surface area contributed by atoms with Gasteiger partial charge in [0.2, 0.25) is 0 Å². The van der Waals surface area contributed by atoms with Crippen LogP contribution in [0.1, 0.15) is 23.6 Å². The number of aromatic nitrogens is 3. The van der Waals surface area contributed by atoms with Crippen molar-refractivity contribution < 1.29 is 9.47 Å². The number of nitrogens with one attached hydrogen (secondary N) is 1. The topological polar surface area (TPSA) is 60.7 Å². The minimum absolute atomic E-state index is 0.205. The van der Waals surface area contributed by atoms with Gasteiger partial charge in [0.1, 0.15) is 5.82 Å². The van der Waals surface area contributed by atoms with Crippen molar-refractivity contribution >= 4 is 27.4 Å². The number of rotatable bonds is 4. The number of hydrogen-bond acceptors (Lipinski definition) is 5. The number of benzene rings is 1. The van der Waals surface area contributed by atoms with E-state index in [1.807, 2.05) is 18.3 Å². The fraction of sp³-hybridized carbons (Fsp3) is 0.294. The highest BCUT2D eigenvalue weighted by Gasteiger charge is 2.27. The number of methoxy groups -OCH3 is 2. The van der Waals surface area contributed by atoms with Gasteiger partial charge in [-0.15, -0.1) is 0 Å². The zero-order valence-electron chi connectivity index (χ0n) is 13.4. The van der Waals surface area contributed by atoms with Crippen LogP contribution in [0.4, 0.5) is 5.82 Å². The summed E-state index contributed by atoms with van der Waals surface area (Å²) in [6.45, 7) is 0. The molecule has 3 aromatic rings. The molecule has 1 aliphatic carbocycles. The summed E-state index contributed by atoms with van der Waals surface area (Å²) in [6.07, 6.45) is 5.59. The van der Waals surface area contributed by atoms with E-state index in [-0.39, 0.29) is 6.04 Å². The van der Waals surface area contributed by atoms with Crippen molar-refractivity contribution in [2.24, 2.45) is 0 Å². The summed E-state index contributed by atoms with van der Waals surface area (Å²) in [6, 6.07) is 6.21. The molecule has 1 N–H and O–H groups in total. The van der Waals surface area contributed by atoms with Gasteiger partial charge in [-0.05, 0) is 46.5 Å². The zero-order chi connectivity index (χ0) is 16.7. The van der Waals surface area contributed by atoms with Gasteiger partial charge in [-0.1, -0.05) is 6.07 Å². The first kappa shape index (κ1) is 15.3. The summed E-state index contributed by atoms with van der Waals surface area (Å²) in [5.41, 5.74) is 3.24. The molecule has 124 valence electrons. The Labute approximate surface area is 147 Å². The predicted molar refractivity (Wildman–Crippen MR) is 94.9 cm³/mol. The SMILES string of the molecule is COc1ccc2c(c1OC)CCC2Nc1ccn2ncc(Br)c2n1. The lowest BCUT2D eigenvalue weighted by molar-refractivity contribution is 0.352. The van der Waals surface area contributed by atoms with E-state index in [0.29, 0.717) is 0 Å². The molecule has 0 radical (unpaired) electrons. The highest BCUT2D eigenvalue weighted by molar-refractivity contribution is 9.10. The minimum atomic E-state index is 0.205. The first-order valence-electron chi connectivity index (χ1n) is 7.71. The Morgan fingerprint density at radius 1 is 1.25 bits per heavy atom. The van der Waals surface area contributed by atoms with E-state index in [1.54, 1.807) is 24.9 Å². The van der Waals surface area contributed by atoms with Gasteiger partial charge in [0, 0.05) is 11.8 Å². The molecule has 1 aromatic carbocycles. The molecule has 0 fully saturated rings. The van der Waals surface area contributed by atoms with Crippen molar-refractivity contribution in [2.45, 2.75) is 18.9 Å². The number of ether oxygens (including phenoxy) is 2. The fourth-order valence-corrected chi connectivity index (χ4v) is 3.65. The van der Waals surface area contributed by atoms with Crippen LogP contribution in [0.2, 0.25) is 0 Å². The maximum absolute atomic E-state index is 5.55. The van der Waals surface area contributed by atoms with Crippen LogP contribution in [0.25, 0.3) is 5.65 Å². The van der Waals surface area contributed by atoms with Gasteiger partial charge in [-0.25, -0.2) is 9.50 Å². The molecule has 2 heterocycles. The molecule has 0 amide bonds. The van der Waals surface area contributed by atoms with Gasteiger partial charge in [0.05, 0.1) is 30.9 Å². The lowest BCUT2D eigenvalue weighted by Gasteiger charge is -2.17. The second kappa shape index (κ2) is 5.98. The maximum atomic E-state index is 5.55. The van der Waals surface area contributed by atoms with Crippen LogP contribution < -0.4 is 14.8 Å². The van der Waals surface area contributed by atoms with E-state index in [4.69, 9.17) is 9.47 Å². The van der Waals surface area contributed by atoms with Crippen molar-refractivity contribution in [3.8, 4) is 11.5 Å². The number of hydrogen-bond donors (Lipinski definition) is 1. The second-order valence-electron chi connectivity index (χ2n) is 5.68. The van der Waals surface area contributed by atoms with E-state index in [1.165, 1.54) is 11.1 Å². The monoisotopic (exact) mass is 388 g/mol. The molecule has 2 aromatic heterocycles. The Hall–Kier alpha value is -2.28. The molecule has 24 heavy (non-hydrogen) atoms. The minimum Gasteiger partial charge on any atom is -0.493 e. The van der Waals surface area contributed by atoms with Gasteiger partial charge >= 0.3 is 0 Å². The Balaban J connectivity index is 1.66. The van der Waals surface area contributed by atoms with Crippen LogP contribution in [-0.2, 0) is 6.42 Å². The van der Waals surface area contributed by atoms with Crippen LogP contribution >= 0.6 is 15.9 Å². The Morgan fingerprint density at radius 3 is 2.92 bits per heavy atom. The third-order valence-electron chi connectivity index (χ3n) is 4.39. The molecule has 1 aliphatic rings. The zero-order valence-corrected chi connectivity index (χ0v) is 15.0. The van der Waals surface area contributed by atoms with Crippen LogP contribution in [-0.4, -0.2) is 28.8 Å². The smallest absolute Gasteiger partial charge is 0.171 e. The van der Waals surface area contributed by atoms with Gasteiger partial charge in [-0.2, -0.15) is 5.10 Å². The largest absolute Gasteiger partial charge is 0.493 e. The van der Waals surface area contributed by atoms with Gasteiger partial charge < -0.3 is 14.8 Å². The molecule has 0 bridgehead atoms. The first-order valence-corrected chi connectivity index (χ1v) is 8.50. The van der Waals surface area contributed by atoms with Crippen LogP contribution in [0.15, 0.2) is 35.1 Å². The molecule has 0 spiro atoms. The van der Waals surface area contributed by atoms with Crippen molar-refractivity contribution in [3.05, 3.63) is 46.2 Å². The Morgan fingerprint density at radius 2 is 2.12 bits per heavy atom. The molecule has 0 saturated heterocycles. The highest BCUT2D eigenvalue weighted by atomic mass is 79.9. The van der Waals surface area contributed by atoms with E-state index in [9.17, 15) is 0 Å². The Bertz CT molecular complexity index is 909.